The van der Waals surface area contributed by atoms with Crippen LogP contribution in [0.4, 0.5) is 0 Å². The van der Waals surface area contributed by atoms with Crippen LogP contribution >= 0.6 is 0 Å². The molecule has 0 saturated heterocycles. The van der Waals surface area contributed by atoms with Gasteiger partial charge in [0.15, 0.2) is 0 Å². The highest BCUT2D eigenvalue weighted by atomic mass is 14.2. The number of benzene rings is 11. The van der Waals surface area contributed by atoms with Crippen LogP contribution in [0.15, 0.2) is 206 Å². The number of rotatable bonds is 4. The number of hydrogen-bond acceptors (Lipinski definition) is 0. The Labute approximate surface area is 314 Å². The topological polar surface area (TPSA) is 0 Å². The fourth-order valence-electron chi connectivity index (χ4n) is 8.98. The quantitative estimate of drug-likeness (QED) is 0.162. The molecule has 54 heavy (non-hydrogen) atoms. The third-order valence-corrected chi connectivity index (χ3v) is 11.4. The molecule has 0 unspecified atom stereocenters. The van der Waals surface area contributed by atoms with E-state index in [1.165, 1.54) is 109 Å². The van der Waals surface area contributed by atoms with Gasteiger partial charge in [-0.15, -0.1) is 0 Å². The second-order valence-electron chi connectivity index (χ2n) is 14.4. The van der Waals surface area contributed by atoms with Crippen molar-refractivity contribution in [3.8, 4) is 44.5 Å². The highest BCUT2D eigenvalue weighted by Gasteiger charge is 2.16. The number of fused-ring (bicyclic) bond motifs is 8. The van der Waals surface area contributed by atoms with Crippen LogP contribution in [0.2, 0.25) is 0 Å². The van der Waals surface area contributed by atoms with Crippen molar-refractivity contribution in [2.45, 2.75) is 0 Å². The molecule has 0 aliphatic carbocycles. The Balaban J connectivity index is 1.07. The lowest BCUT2D eigenvalue weighted by Gasteiger charge is -2.17. The van der Waals surface area contributed by atoms with Crippen LogP contribution in [-0.4, -0.2) is 0 Å². The average molecular weight is 683 g/mol. The maximum absolute atomic E-state index is 2.37. The molecule has 11 rings (SSSR count). The molecular formula is C54H34. The van der Waals surface area contributed by atoms with Crippen molar-refractivity contribution < 1.29 is 0 Å². The van der Waals surface area contributed by atoms with Crippen LogP contribution in [0.25, 0.3) is 109 Å². The van der Waals surface area contributed by atoms with E-state index in [1.807, 2.05) is 0 Å². The molecule has 0 aliphatic heterocycles. The van der Waals surface area contributed by atoms with Crippen LogP contribution in [0, 0.1) is 0 Å². The first-order valence-corrected chi connectivity index (χ1v) is 18.8. The van der Waals surface area contributed by atoms with Crippen molar-refractivity contribution in [2.75, 3.05) is 0 Å². The molecule has 0 spiro atoms. The van der Waals surface area contributed by atoms with Gasteiger partial charge in [0.05, 0.1) is 0 Å². The van der Waals surface area contributed by atoms with E-state index in [2.05, 4.69) is 206 Å². The molecule has 0 N–H and O–H groups in total. The second kappa shape index (κ2) is 12.3. The SMILES string of the molecule is c1cc(-c2ccc(-c3cc4ccccc4c4ccccc34)c3ccccc23)cc(-c2ccc(-c3cc4ccccc4c4ccccc34)c3ccccc23)c1. The van der Waals surface area contributed by atoms with Gasteiger partial charge in [0.2, 0.25) is 0 Å². The molecule has 0 saturated carbocycles. The zero-order valence-electron chi connectivity index (χ0n) is 29.6. The summed E-state index contributed by atoms with van der Waals surface area (Å²) in [5.74, 6) is 0. The molecular weight excluding hydrogens is 649 g/mol. The Kier molecular flexibility index (Phi) is 6.97. The summed E-state index contributed by atoms with van der Waals surface area (Å²) >= 11 is 0. The van der Waals surface area contributed by atoms with E-state index in [-0.39, 0.29) is 0 Å². The fraction of sp³-hybridized carbons (Fsp3) is 0. The summed E-state index contributed by atoms with van der Waals surface area (Å²) in [5.41, 5.74) is 9.97. The largest absolute Gasteiger partial charge is 0.0616 e. The van der Waals surface area contributed by atoms with Crippen LogP contribution in [0.5, 0.6) is 0 Å². The molecule has 0 fully saturated rings. The van der Waals surface area contributed by atoms with Crippen molar-refractivity contribution in [1.29, 1.82) is 0 Å². The van der Waals surface area contributed by atoms with E-state index in [1.54, 1.807) is 0 Å². The van der Waals surface area contributed by atoms with E-state index in [0.717, 1.165) is 0 Å². The van der Waals surface area contributed by atoms with Gasteiger partial charge < -0.3 is 0 Å². The van der Waals surface area contributed by atoms with Gasteiger partial charge in [-0.05, 0) is 127 Å². The summed E-state index contributed by atoms with van der Waals surface area (Å²) in [6, 6.07) is 76.1. The molecule has 0 heteroatoms. The summed E-state index contributed by atoms with van der Waals surface area (Å²) in [6.45, 7) is 0. The molecule has 250 valence electrons. The van der Waals surface area contributed by atoms with Gasteiger partial charge in [0, 0.05) is 0 Å². The van der Waals surface area contributed by atoms with Crippen molar-refractivity contribution >= 4 is 64.6 Å². The van der Waals surface area contributed by atoms with E-state index >= 15 is 0 Å². The van der Waals surface area contributed by atoms with E-state index in [9.17, 15) is 0 Å². The predicted octanol–water partition coefficient (Wildman–Crippen LogP) is 15.3. The first kappa shape index (κ1) is 30.6. The Morgan fingerprint density at radius 3 is 0.870 bits per heavy atom. The van der Waals surface area contributed by atoms with Gasteiger partial charge in [-0.25, -0.2) is 0 Å². The lowest BCUT2D eigenvalue weighted by molar-refractivity contribution is 1.62. The Hall–Kier alpha value is -7.02. The van der Waals surface area contributed by atoms with Crippen molar-refractivity contribution in [2.24, 2.45) is 0 Å². The van der Waals surface area contributed by atoms with Gasteiger partial charge >= 0.3 is 0 Å². The molecule has 0 radical (unpaired) electrons. The third kappa shape index (κ3) is 4.78. The molecule has 0 nitrogen and oxygen atoms in total. The maximum atomic E-state index is 2.37. The molecule has 0 aromatic heterocycles. The van der Waals surface area contributed by atoms with E-state index < -0.39 is 0 Å². The molecule has 0 atom stereocenters. The van der Waals surface area contributed by atoms with E-state index in [0.29, 0.717) is 0 Å². The lowest BCUT2D eigenvalue weighted by atomic mass is 9.87. The van der Waals surface area contributed by atoms with Crippen LogP contribution in [0.1, 0.15) is 0 Å². The Bertz CT molecular complexity index is 3060. The zero-order valence-corrected chi connectivity index (χ0v) is 29.6. The van der Waals surface area contributed by atoms with Crippen molar-refractivity contribution in [3.05, 3.63) is 206 Å². The normalized spacial score (nSPS) is 11.7. The Morgan fingerprint density at radius 2 is 0.463 bits per heavy atom. The molecule has 0 amide bonds. The van der Waals surface area contributed by atoms with Gasteiger partial charge in [-0.3, -0.25) is 0 Å². The molecule has 11 aromatic rings. The van der Waals surface area contributed by atoms with Crippen LogP contribution in [0.3, 0.4) is 0 Å². The predicted molar refractivity (Wildman–Crippen MR) is 233 cm³/mol. The summed E-state index contributed by atoms with van der Waals surface area (Å²) < 4.78 is 0. The monoisotopic (exact) mass is 682 g/mol. The lowest BCUT2D eigenvalue weighted by Crippen LogP contribution is -1.90. The van der Waals surface area contributed by atoms with Gasteiger partial charge in [0.25, 0.3) is 0 Å². The van der Waals surface area contributed by atoms with Crippen LogP contribution < -0.4 is 0 Å². The zero-order chi connectivity index (χ0) is 35.6. The minimum absolute atomic E-state index is 1.22. The van der Waals surface area contributed by atoms with Crippen molar-refractivity contribution in [3.63, 3.8) is 0 Å². The van der Waals surface area contributed by atoms with Gasteiger partial charge in [-0.1, -0.05) is 188 Å². The summed E-state index contributed by atoms with van der Waals surface area (Å²) in [7, 11) is 0. The minimum atomic E-state index is 1.22. The molecule has 0 aliphatic rings. The second-order valence-corrected chi connectivity index (χ2v) is 14.4. The molecule has 0 bridgehead atoms. The molecule has 0 heterocycles. The number of hydrogen-bond donors (Lipinski definition) is 0. The van der Waals surface area contributed by atoms with Crippen molar-refractivity contribution in [1.82, 2.24) is 0 Å². The van der Waals surface area contributed by atoms with Gasteiger partial charge in [0.1, 0.15) is 0 Å². The third-order valence-electron chi connectivity index (χ3n) is 11.4. The first-order valence-electron chi connectivity index (χ1n) is 18.8. The first-order chi connectivity index (χ1) is 26.8. The summed E-state index contributed by atoms with van der Waals surface area (Å²) in [5, 5.41) is 15.3. The standard InChI is InChI=1S/C54H34/c1-3-18-39-37(14-1)33-53(49-26-11-7-20-43(39)49)51-30-28-41(45-22-5-9-24-47(45)51)35-16-13-17-36(32-35)42-29-31-52(48-25-10-6-23-46(42)48)54-34-38-15-2-4-19-40(38)44-21-8-12-27-50(44)54/h1-34H. The molecule has 11 aromatic carbocycles. The maximum Gasteiger partial charge on any atom is -0.00928 e. The summed E-state index contributed by atoms with van der Waals surface area (Å²) in [4.78, 5) is 0. The minimum Gasteiger partial charge on any atom is -0.0616 e. The van der Waals surface area contributed by atoms with E-state index in [4.69, 9.17) is 0 Å². The smallest absolute Gasteiger partial charge is 0.00928 e. The van der Waals surface area contributed by atoms with Crippen LogP contribution in [-0.2, 0) is 0 Å². The average Bonchev–Trinajstić information content (AvgIpc) is 3.25. The van der Waals surface area contributed by atoms with Gasteiger partial charge in [-0.2, -0.15) is 0 Å². The summed E-state index contributed by atoms with van der Waals surface area (Å²) in [6.07, 6.45) is 0. The highest BCUT2D eigenvalue weighted by Crippen LogP contribution is 2.44. The highest BCUT2D eigenvalue weighted by molar-refractivity contribution is 6.19. The fourth-order valence-corrected chi connectivity index (χ4v) is 8.98. The Morgan fingerprint density at radius 1 is 0.167 bits per heavy atom.